The molecule has 4 radical (unpaired) electrons. The zero-order chi connectivity index (χ0) is 17.4. The summed E-state index contributed by atoms with van der Waals surface area (Å²) in [6.45, 7) is 0. The maximum Gasteiger partial charge on any atom is 0.199 e. The van der Waals surface area contributed by atoms with Gasteiger partial charge in [0, 0.05) is 10.6 Å². The lowest BCUT2D eigenvalue weighted by molar-refractivity contribution is 0.372. The molecule has 0 aliphatic carbocycles. The van der Waals surface area contributed by atoms with Gasteiger partial charge in [-0.05, 0) is 33.7 Å². The van der Waals surface area contributed by atoms with Crippen LogP contribution in [0.5, 0.6) is 17.2 Å². The number of rotatable bonds is 2. The van der Waals surface area contributed by atoms with E-state index in [4.69, 9.17) is 27.3 Å². The van der Waals surface area contributed by atoms with E-state index in [2.05, 4.69) is 0 Å². The molecule has 0 heterocycles. The highest BCUT2D eigenvalue weighted by Crippen LogP contribution is 2.36. The van der Waals surface area contributed by atoms with Gasteiger partial charge in [0.25, 0.3) is 0 Å². The van der Waals surface area contributed by atoms with Crippen molar-refractivity contribution >= 4 is 38.2 Å². The topological polar surface area (TPSA) is 60.7 Å². The van der Waals surface area contributed by atoms with Crippen molar-refractivity contribution in [3.8, 4) is 39.5 Å². The molecule has 0 unspecified atom stereocenters. The van der Waals surface area contributed by atoms with Gasteiger partial charge in [0.2, 0.25) is 0 Å². The number of halogens is 1. The van der Waals surface area contributed by atoms with Crippen molar-refractivity contribution in [2.24, 2.45) is 0 Å². The summed E-state index contributed by atoms with van der Waals surface area (Å²) in [5.41, 5.74) is 2.24. The summed E-state index contributed by atoms with van der Waals surface area (Å²) >= 11 is 6.37. The highest BCUT2D eigenvalue weighted by Gasteiger charge is 2.19. The number of phenolic OH excluding ortho intramolecular Hbond substituents is 3. The first-order chi connectivity index (χ1) is 11.4. The Balaban J connectivity index is 2.18. The van der Waals surface area contributed by atoms with Crippen molar-refractivity contribution in [3.63, 3.8) is 0 Å². The van der Waals surface area contributed by atoms with Gasteiger partial charge < -0.3 is 15.3 Å². The van der Waals surface area contributed by atoms with Crippen LogP contribution in [-0.2, 0) is 0 Å². The molecule has 0 saturated heterocycles. The van der Waals surface area contributed by atoms with Crippen molar-refractivity contribution in [2.75, 3.05) is 0 Å². The van der Waals surface area contributed by atoms with E-state index in [0.29, 0.717) is 10.6 Å². The van der Waals surface area contributed by atoms with E-state index in [1.807, 2.05) is 30.3 Å². The highest BCUT2D eigenvalue weighted by molar-refractivity contribution is 6.47. The maximum absolute atomic E-state index is 9.83. The Hall–Kier alpha value is -2.52. The van der Waals surface area contributed by atoms with Gasteiger partial charge in [0.1, 0.15) is 15.7 Å². The van der Waals surface area contributed by atoms with Crippen molar-refractivity contribution in [1.82, 2.24) is 0 Å². The predicted octanol–water partition coefficient (Wildman–Crippen LogP) is 2.38. The van der Waals surface area contributed by atoms with Gasteiger partial charge in [-0.25, -0.2) is 0 Å². The molecule has 0 bridgehead atoms. The van der Waals surface area contributed by atoms with Gasteiger partial charge in [-0.15, -0.1) is 0 Å². The van der Waals surface area contributed by atoms with Gasteiger partial charge in [-0.3, -0.25) is 0 Å². The van der Waals surface area contributed by atoms with E-state index in [9.17, 15) is 15.3 Å². The summed E-state index contributed by atoms with van der Waals surface area (Å²) in [5, 5.41) is 29.7. The van der Waals surface area contributed by atoms with Gasteiger partial charge in [-0.1, -0.05) is 54.1 Å². The molecule has 0 aliphatic rings. The second-order valence-corrected chi connectivity index (χ2v) is 5.72. The molecule has 3 aromatic rings. The second kappa shape index (κ2) is 6.17. The monoisotopic (exact) mass is 332 g/mol. The van der Waals surface area contributed by atoms with Gasteiger partial charge in [0.05, 0.1) is 0 Å². The summed E-state index contributed by atoms with van der Waals surface area (Å²) in [4.78, 5) is 0. The van der Waals surface area contributed by atoms with Crippen LogP contribution in [0.15, 0.2) is 48.5 Å². The number of hydrogen-bond acceptors (Lipinski definition) is 3. The van der Waals surface area contributed by atoms with Crippen LogP contribution in [-0.4, -0.2) is 31.0 Å². The molecule has 3 N–H and O–H groups in total. The summed E-state index contributed by atoms with van der Waals surface area (Å²) in [6, 6.07) is 14.8. The normalized spacial score (nSPS) is 10.7. The third-order valence-corrected chi connectivity index (χ3v) is 4.15. The third-order valence-electron chi connectivity index (χ3n) is 3.84. The molecule has 0 amide bonds. The fourth-order valence-electron chi connectivity index (χ4n) is 2.58. The molecular weight excluding hydrogens is 321 g/mol. The van der Waals surface area contributed by atoms with Crippen LogP contribution in [0.2, 0.25) is 5.02 Å². The van der Waals surface area contributed by atoms with Crippen molar-refractivity contribution in [3.05, 3.63) is 53.6 Å². The smallest absolute Gasteiger partial charge is 0.199 e. The molecule has 0 atom stereocenters. The average molecular weight is 332 g/mol. The van der Waals surface area contributed by atoms with Crippen LogP contribution in [0, 0.1) is 0 Å². The Bertz CT molecular complexity index is 898. The molecule has 6 heteroatoms. The zero-order valence-electron chi connectivity index (χ0n) is 12.5. The first-order valence-electron chi connectivity index (χ1n) is 7.09. The molecule has 0 spiro atoms. The van der Waals surface area contributed by atoms with Crippen LogP contribution in [0.4, 0.5) is 0 Å². The van der Waals surface area contributed by atoms with Crippen LogP contribution >= 0.6 is 11.6 Å². The Morgan fingerprint density at radius 2 is 1.29 bits per heavy atom. The molecule has 0 saturated carbocycles. The van der Waals surface area contributed by atoms with E-state index in [1.165, 1.54) is 0 Å². The molecule has 0 aromatic heterocycles. The minimum atomic E-state index is -0.749. The number of aromatic hydroxyl groups is 3. The van der Waals surface area contributed by atoms with Crippen molar-refractivity contribution in [2.45, 2.75) is 0 Å². The molecule has 3 rings (SSSR count). The van der Waals surface area contributed by atoms with Gasteiger partial charge in [0.15, 0.2) is 17.2 Å². The van der Waals surface area contributed by atoms with E-state index in [0.717, 1.165) is 11.1 Å². The number of phenols is 3. The van der Waals surface area contributed by atoms with E-state index >= 15 is 0 Å². The van der Waals surface area contributed by atoms with Gasteiger partial charge in [-0.2, -0.15) is 0 Å². The lowest BCUT2D eigenvalue weighted by Gasteiger charge is -2.17. The molecule has 3 nitrogen and oxygen atoms in total. The van der Waals surface area contributed by atoms with Crippen LogP contribution < -0.4 is 10.9 Å². The lowest BCUT2D eigenvalue weighted by atomic mass is 9.76. The summed E-state index contributed by atoms with van der Waals surface area (Å²) in [5.74, 6) is -2.00. The third kappa shape index (κ3) is 2.61. The first-order valence-corrected chi connectivity index (χ1v) is 7.46. The van der Waals surface area contributed by atoms with E-state index in [1.54, 1.807) is 18.2 Å². The number of hydrogen-bond donors (Lipinski definition) is 3. The molecule has 114 valence electrons. The maximum atomic E-state index is 9.83. The molecule has 0 aliphatic heterocycles. The molecule has 24 heavy (non-hydrogen) atoms. The fraction of sp³-hybridized carbons (Fsp3) is 0. The molecule has 3 aromatic carbocycles. The summed E-state index contributed by atoms with van der Waals surface area (Å²) < 4.78 is 0. The van der Waals surface area contributed by atoms with Gasteiger partial charge >= 0.3 is 0 Å². The van der Waals surface area contributed by atoms with Crippen molar-refractivity contribution in [1.29, 1.82) is 0 Å². The van der Waals surface area contributed by atoms with Crippen LogP contribution in [0.25, 0.3) is 22.3 Å². The fourth-order valence-corrected chi connectivity index (χ4v) is 2.87. The second-order valence-electron chi connectivity index (χ2n) is 5.31. The molecular formula is C18H11B2ClO3. The highest BCUT2D eigenvalue weighted by atomic mass is 35.5. The SMILES string of the molecule is [B]c1c(O)c(O)c(O)c([B])c1-c1ccc(-c2ccccc2)c(Cl)c1. The van der Waals surface area contributed by atoms with E-state index in [-0.39, 0.29) is 16.5 Å². The minimum absolute atomic E-state index is 0.133. The summed E-state index contributed by atoms with van der Waals surface area (Å²) in [6.07, 6.45) is 0. The van der Waals surface area contributed by atoms with E-state index < -0.39 is 17.2 Å². The van der Waals surface area contributed by atoms with Crippen LogP contribution in [0.1, 0.15) is 0 Å². The lowest BCUT2D eigenvalue weighted by Crippen LogP contribution is -2.20. The van der Waals surface area contributed by atoms with Crippen molar-refractivity contribution < 1.29 is 15.3 Å². The molecule has 0 fully saturated rings. The predicted molar refractivity (Wildman–Crippen MR) is 98.1 cm³/mol. The average Bonchev–Trinajstić information content (AvgIpc) is 2.59. The minimum Gasteiger partial charge on any atom is -0.505 e. The first kappa shape index (κ1) is 16.3. The Morgan fingerprint density at radius 1 is 0.708 bits per heavy atom. The Kier molecular flexibility index (Phi) is 4.20. The number of benzene rings is 3. The largest absolute Gasteiger partial charge is 0.505 e. The zero-order valence-corrected chi connectivity index (χ0v) is 13.2. The Labute approximate surface area is 147 Å². The quantitative estimate of drug-likeness (QED) is 0.499. The standard InChI is InChI=1S/C18H11B2ClO3/c19-14-13(15(20)17(23)18(24)16(14)22)10-6-7-11(12(21)8-10)9-4-2-1-3-5-9/h1-8,22-24H. The Morgan fingerprint density at radius 3 is 1.83 bits per heavy atom. The van der Waals surface area contributed by atoms with Crippen LogP contribution in [0.3, 0.4) is 0 Å². The summed E-state index contributed by atoms with van der Waals surface area (Å²) in [7, 11) is 11.7.